The Morgan fingerprint density at radius 1 is 1.69 bits per heavy atom. The van der Waals surface area contributed by atoms with E-state index in [1.807, 2.05) is 13.8 Å². The first-order valence-electron chi connectivity index (χ1n) is 5.47. The molecule has 0 radical (unpaired) electrons. The predicted molar refractivity (Wildman–Crippen MR) is 59.2 cm³/mol. The van der Waals surface area contributed by atoms with Gasteiger partial charge in [0.15, 0.2) is 5.84 Å². The van der Waals surface area contributed by atoms with Gasteiger partial charge in [-0.1, -0.05) is 5.16 Å². The number of nitrogens with zero attached hydrogens (tertiary/aromatic N) is 2. The predicted octanol–water partition coefficient (Wildman–Crippen LogP) is 0.00630. The topological polar surface area (TPSA) is 88.1 Å². The monoisotopic (exact) mass is 229 g/mol. The van der Waals surface area contributed by atoms with Crippen LogP contribution in [0, 0.1) is 5.92 Å². The van der Waals surface area contributed by atoms with Crippen molar-refractivity contribution < 1.29 is 14.7 Å². The van der Waals surface area contributed by atoms with Crippen LogP contribution in [0.15, 0.2) is 5.16 Å². The zero-order chi connectivity index (χ0) is 12.1. The lowest BCUT2D eigenvalue weighted by Crippen LogP contribution is -2.43. The smallest absolute Gasteiger partial charge is 0.228 e. The minimum Gasteiger partial charge on any atom is -0.409 e. The molecule has 3 N–H and O–H groups in total. The fourth-order valence-electron chi connectivity index (χ4n) is 1.86. The van der Waals surface area contributed by atoms with Crippen molar-refractivity contribution in [3.05, 3.63) is 0 Å². The number of carbonyl (C=O) groups is 1. The van der Waals surface area contributed by atoms with Crippen molar-refractivity contribution in [3.8, 4) is 0 Å². The highest BCUT2D eigenvalue weighted by Gasteiger charge is 2.33. The number of oxime groups is 1. The van der Waals surface area contributed by atoms with E-state index in [1.165, 1.54) is 0 Å². The fourth-order valence-corrected chi connectivity index (χ4v) is 1.86. The van der Waals surface area contributed by atoms with Gasteiger partial charge in [0.05, 0.1) is 18.6 Å². The third kappa shape index (κ3) is 2.85. The van der Waals surface area contributed by atoms with E-state index < -0.39 is 0 Å². The minimum atomic E-state index is -0.105. The van der Waals surface area contributed by atoms with Crippen LogP contribution in [0.3, 0.4) is 0 Å². The second kappa shape index (κ2) is 5.69. The van der Waals surface area contributed by atoms with Gasteiger partial charge in [0.25, 0.3) is 0 Å². The van der Waals surface area contributed by atoms with E-state index >= 15 is 0 Å². The number of amides is 1. The highest BCUT2D eigenvalue weighted by atomic mass is 16.5. The third-order valence-electron chi connectivity index (χ3n) is 2.87. The summed E-state index contributed by atoms with van der Waals surface area (Å²) in [5.41, 5.74) is 5.40. The van der Waals surface area contributed by atoms with Gasteiger partial charge in [-0.15, -0.1) is 0 Å². The van der Waals surface area contributed by atoms with Crippen molar-refractivity contribution >= 4 is 11.7 Å². The molecule has 0 aliphatic carbocycles. The molecule has 2 atom stereocenters. The third-order valence-corrected chi connectivity index (χ3v) is 2.87. The molecule has 0 aromatic rings. The molecular weight excluding hydrogens is 210 g/mol. The van der Waals surface area contributed by atoms with Crippen molar-refractivity contribution in [1.82, 2.24) is 4.90 Å². The van der Waals surface area contributed by atoms with E-state index in [0.717, 1.165) is 6.42 Å². The number of carbonyl (C=O) groups excluding carboxylic acids is 1. The molecule has 92 valence electrons. The van der Waals surface area contributed by atoms with Crippen molar-refractivity contribution in [2.75, 3.05) is 19.7 Å². The number of amidine groups is 1. The SMILES string of the molecule is CCN(CC(N)=NO)C(=O)C1CCOC1C. The van der Waals surface area contributed by atoms with E-state index in [1.54, 1.807) is 4.90 Å². The van der Waals surface area contributed by atoms with E-state index in [0.29, 0.717) is 13.2 Å². The van der Waals surface area contributed by atoms with Crippen LogP contribution in [0.1, 0.15) is 20.3 Å². The Kier molecular flexibility index (Phi) is 4.54. The summed E-state index contributed by atoms with van der Waals surface area (Å²) in [6.07, 6.45) is 0.695. The highest BCUT2D eigenvalue weighted by molar-refractivity contribution is 5.88. The van der Waals surface area contributed by atoms with Crippen LogP contribution < -0.4 is 5.73 Å². The van der Waals surface area contributed by atoms with Gasteiger partial charge in [0, 0.05) is 13.2 Å². The summed E-state index contributed by atoms with van der Waals surface area (Å²) in [5, 5.41) is 11.4. The van der Waals surface area contributed by atoms with Crippen molar-refractivity contribution in [3.63, 3.8) is 0 Å². The summed E-state index contributed by atoms with van der Waals surface area (Å²) < 4.78 is 5.35. The van der Waals surface area contributed by atoms with Crippen LogP contribution >= 0.6 is 0 Å². The maximum atomic E-state index is 12.1. The molecule has 2 unspecified atom stereocenters. The lowest BCUT2D eigenvalue weighted by molar-refractivity contribution is -0.136. The molecular formula is C10H19N3O3. The molecule has 0 saturated carbocycles. The summed E-state index contributed by atoms with van der Waals surface area (Å²) in [6, 6.07) is 0. The van der Waals surface area contributed by atoms with Crippen molar-refractivity contribution in [2.45, 2.75) is 26.4 Å². The zero-order valence-electron chi connectivity index (χ0n) is 9.72. The maximum absolute atomic E-state index is 12.1. The Balaban J connectivity index is 2.62. The van der Waals surface area contributed by atoms with Gasteiger partial charge >= 0.3 is 0 Å². The Hall–Kier alpha value is -1.30. The second-order valence-electron chi connectivity index (χ2n) is 3.91. The average Bonchev–Trinajstić information content (AvgIpc) is 2.71. The average molecular weight is 229 g/mol. The van der Waals surface area contributed by atoms with Gasteiger partial charge in [-0.05, 0) is 20.3 Å². The molecule has 0 spiro atoms. The van der Waals surface area contributed by atoms with Crippen LogP contribution in [0.5, 0.6) is 0 Å². The van der Waals surface area contributed by atoms with Crippen molar-refractivity contribution in [2.24, 2.45) is 16.8 Å². The maximum Gasteiger partial charge on any atom is 0.228 e. The number of ether oxygens (including phenoxy) is 1. The van der Waals surface area contributed by atoms with E-state index in [2.05, 4.69) is 5.16 Å². The number of rotatable bonds is 4. The van der Waals surface area contributed by atoms with Crippen LogP contribution in [0.25, 0.3) is 0 Å². The molecule has 1 rings (SSSR count). The molecule has 6 nitrogen and oxygen atoms in total. The number of hydrogen-bond donors (Lipinski definition) is 2. The summed E-state index contributed by atoms with van der Waals surface area (Å²) in [4.78, 5) is 13.7. The van der Waals surface area contributed by atoms with Crippen LogP contribution in [0.2, 0.25) is 0 Å². The Morgan fingerprint density at radius 3 is 2.81 bits per heavy atom. The molecule has 1 aliphatic rings. The van der Waals surface area contributed by atoms with Gasteiger partial charge in [0.1, 0.15) is 0 Å². The molecule has 16 heavy (non-hydrogen) atoms. The summed E-state index contributed by atoms with van der Waals surface area (Å²) >= 11 is 0. The molecule has 1 heterocycles. The Labute approximate surface area is 95.0 Å². The van der Waals surface area contributed by atoms with Gasteiger partial charge in [-0.3, -0.25) is 4.79 Å². The summed E-state index contributed by atoms with van der Waals surface area (Å²) in [7, 11) is 0. The summed E-state index contributed by atoms with van der Waals surface area (Å²) in [6.45, 7) is 5.09. The lowest BCUT2D eigenvalue weighted by Gasteiger charge is -2.24. The molecule has 0 bridgehead atoms. The first kappa shape index (κ1) is 12.8. The quantitative estimate of drug-likeness (QED) is 0.307. The largest absolute Gasteiger partial charge is 0.409 e. The van der Waals surface area contributed by atoms with Gasteiger partial charge in [-0.2, -0.15) is 0 Å². The molecule has 1 saturated heterocycles. The standard InChI is InChI=1S/C10H19N3O3/c1-3-13(6-9(11)12-15)10(14)8-4-5-16-7(8)2/h7-8,15H,3-6H2,1-2H3,(H2,11,12). The lowest BCUT2D eigenvalue weighted by atomic mass is 10.0. The fraction of sp³-hybridized carbons (Fsp3) is 0.800. The minimum absolute atomic E-state index is 0.0131. The summed E-state index contributed by atoms with van der Waals surface area (Å²) in [5.74, 6) is -0.0488. The molecule has 1 amide bonds. The van der Waals surface area contributed by atoms with Crippen LogP contribution in [0.4, 0.5) is 0 Å². The Morgan fingerprint density at radius 2 is 2.38 bits per heavy atom. The molecule has 6 heteroatoms. The normalized spacial score (nSPS) is 25.8. The molecule has 1 fully saturated rings. The van der Waals surface area contributed by atoms with Gasteiger partial charge in [0.2, 0.25) is 5.91 Å². The van der Waals surface area contributed by atoms with Crippen LogP contribution in [-0.2, 0) is 9.53 Å². The first-order chi connectivity index (χ1) is 7.60. The second-order valence-corrected chi connectivity index (χ2v) is 3.91. The molecule has 0 aromatic heterocycles. The van der Waals surface area contributed by atoms with Gasteiger partial charge in [-0.25, -0.2) is 0 Å². The number of likely N-dealkylation sites (N-methyl/N-ethyl adjacent to an activating group) is 1. The van der Waals surface area contributed by atoms with E-state index in [9.17, 15) is 4.79 Å². The number of nitrogens with two attached hydrogens (primary N) is 1. The molecule has 1 aliphatic heterocycles. The van der Waals surface area contributed by atoms with E-state index in [4.69, 9.17) is 15.7 Å². The Bertz CT molecular complexity index is 280. The highest BCUT2D eigenvalue weighted by Crippen LogP contribution is 2.22. The first-order valence-corrected chi connectivity index (χ1v) is 5.47. The van der Waals surface area contributed by atoms with Crippen molar-refractivity contribution in [1.29, 1.82) is 0 Å². The molecule has 0 aromatic carbocycles. The van der Waals surface area contributed by atoms with Crippen LogP contribution in [-0.4, -0.2) is 47.7 Å². The van der Waals surface area contributed by atoms with E-state index in [-0.39, 0.29) is 30.3 Å². The number of hydrogen-bond acceptors (Lipinski definition) is 4. The zero-order valence-corrected chi connectivity index (χ0v) is 9.72. The van der Waals surface area contributed by atoms with Gasteiger partial charge < -0.3 is 20.6 Å².